The van der Waals surface area contributed by atoms with Gasteiger partial charge in [0.05, 0.1) is 11.4 Å². The average molecular weight is 481 g/mol. The van der Waals surface area contributed by atoms with Gasteiger partial charge in [0.15, 0.2) is 5.78 Å². The molecule has 0 aliphatic carbocycles. The van der Waals surface area contributed by atoms with Crippen LogP contribution in [0.4, 0.5) is 0 Å². The minimum Gasteiger partial charge on any atom is -0.294 e. The summed E-state index contributed by atoms with van der Waals surface area (Å²) in [7, 11) is 0. The maximum atomic E-state index is 13.3. The molecule has 9 heteroatoms. The van der Waals surface area contributed by atoms with E-state index in [1.807, 2.05) is 12.1 Å². The van der Waals surface area contributed by atoms with Gasteiger partial charge in [0, 0.05) is 26.6 Å². The van der Waals surface area contributed by atoms with Gasteiger partial charge in [-0.25, -0.2) is 4.98 Å². The zero-order valence-corrected chi connectivity index (χ0v) is 19.2. The van der Waals surface area contributed by atoms with E-state index >= 15 is 0 Å². The van der Waals surface area contributed by atoms with E-state index in [2.05, 4.69) is 15.3 Å². The highest BCUT2D eigenvalue weighted by molar-refractivity contribution is 7.25. The van der Waals surface area contributed by atoms with E-state index in [-0.39, 0.29) is 11.3 Å². The third-order valence-electron chi connectivity index (χ3n) is 5.17. The summed E-state index contributed by atoms with van der Waals surface area (Å²) in [5, 5.41) is 10.3. The molecule has 0 N–H and O–H groups in total. The SMILES string of the molecule is CC(=O)c1c(C)nc2sc3c(=O)n(-c4ccc(Cl)cc4)nnc3c2c1-c1ccc(Cl)cc1. The van der Waals surface area contributed by atoms with Crippen LogP contribution in [0.2, 0.25) is 10.0 Å². The fourth-order valence-electron chi connectivity index (χ4n) is 3.78. The van der Waals surface area contributed by atoms with Crippen LogP contribution in [0.25, 0.3) is 37.2 Å². The molecular weight excluding hydrogens is 467 g/mol. The van der Waals surface area contributed by atoms with Crippen molar-refractivity contribution in [3.8, 4) is 16.8 Å². The Morgan fingerprint density at radius 2 is 1.62 bits per heavy atom. The number of hydrogen-bond donors (Lipinski definition) is 0. The number of carbonyl (C=O) groups is 1. The normalized spacial score (nSPS) is 11.4. The Bertz CT molecular complexity index is 1590. The molecule has 3 aromatic heterocycles. The molecule has 0 fully saturated rings. The van der Waals surface area contributed by atoms with Crippen molar-refractivity contribution in [2.75, 3.05) is 0 Å². The van der Waals surface area contributed by atoms with Crippen LogP contribution < -0.4 is 5.56 Å². The first-order chi connectivity index (χ1) is 15.3. The molecule has 5 rings (SSSR count). The third kappa shape index (κ3) is 3.30. The lowest BCUT2D eigenvalue weighted by Crippen LogP contribution is -2.21. The molecule has 0 saturated heterocycles. The first kappa shape index (κ1) is 20.8. The number of nitrogens with zero attached hydrogens (tertiary/aromatic N) is 4. The summed E-state index contributed by atoms with van der Waals surface area (Å²) in [4.78, 5) is 31.1. The van der Waals surface area contributed by atoms with Gasteiger partial charge in [-0.15, -0.1) is 16.4 Å². The van der Waals surface area contributed by atoms with Crippen molar-refractivity contribution >= 4 is 60.8 Å². The molecule has 5 aromatic rings. The van der Waals surface area contributed by atoms with Crippen molar-refractivity contribution in [2.24, 2.45) is 0 Å². The zero-order valence-electron chi connectivity index (χ0n) is 16.9. The second-order valence-corrected chi connectivity index (χ2v) is 9.12. The molecule has 0 atom stereocenters. The summed E-state index contributed by atoms with van der Waals surface area (Å²) in [5.74, 6) is -0.122. The number of halogens is 2. The molecule has 0 unspecified atom stereocenters. The number of pyridine rings is 1. The van der Waals surface area contributed by atoms with Crippen LogP contribution in [0.15, 0.2) is 53.3 Å². The van der Waals surface area contributed by atoms with E-state index in [0.717, 1.165) is 5.56 Å². The highest BCUT2D eigenvalue weighted by atomic mass is 35.5. The number of carbonyl (C=O) groups excluding carboxylic acids is 1. The standard InChI is InChI=1S/C23H14Cl2N4O2S/c1-11-17(12(2)30)18(13-3-5-14(24)6-4-13)19-20-21(32-22(19)26-11)23(31)29(28-27-20)16-9-7-15(25)8-10-16/h3-10H,1-2H3. The highest BCUT2D eigenvalue weighted by Crippen LogP contribution is 2.40. The predicted molar refractivity (Wildman–Crippen MR) is 129 cm³/mol. The Morgan fingerprint density at radius 3 is 2.25 bits per heavy atom. The molecule has 0 bridgehead atoms. The smallest absolute Gasteiger partial charge is 0.292 e. The number of aromatic nitrogens is 4. The van der Waals surface area contributed by atoms with E-state index in [0.29, 0.717) is 53.0 Å². The Kier molecular flexibility index (Phi) is 5.04. The van der Waals surface area contributed by atoms with Crippen molar-refractivity contribution in [1.82, 2.24) is 20.0 Å². The summed E-state index contributed by atoms with van der Waals surface area (Å²) in [6.07, 6.45) is 0. The minimum atomic E-state index is -0.315. The summed E-state index contributed by atoms with van der Waals surface area (Å²) >= 11 is 13.3. The average Bonchev–Trinajstić information content (AvgIpc) is 3.13. The minimum absolute atomic E-state index is 0.122. The number of fused-ring (bicyclic) bond motifs is 3. The van der Waals surface area contributed by atoms with Crippen molar-refractivity contribution in [3.05, 3.63) is 80.2 Å². The van der Waals surface area contributed by atoms with Crippen LogP contribution in [-0.2, 0) is 0 Å². The fourth-order valence-corrected chi connectivity index (χ4v) is 5.12. The summed E-state index contributed by atoms with van der Waals surface area (Å²) < 4.78 is 1.64. The Balaban J connectivity index is 1.89. The van der Waals surface area contributed by atoms with Gasteiger partial charge in [-0.3, -0.25) is 9.59 Å². The predicted octanol–water partition coefficient (Wildman–Crippen LogP) is 5.88. The van der Waals surface area contributed by atoms with Gasteiger partial charge in [0.25, 0.3) is 5.56 Å². The van der Waals surface area contributed by atoms with Crippen LogP contribution >= 0.6 is 34.5 Å². The van der Waals surface area contributed by atoms with E-state index in [1.165, 1.54) is 22.9 Å². The van der Waals surface area contributed by atoms with Gasteiger partial charge in [0.2, 0.25) is 0 Å². The van der Waals surface area contributed by atoms with E-state index < -0.39 is 0 Å². The zero-order chi connectivity index (χ0) is 22.6. The first-order valence-corrected chi connectivity index (χ1v) is 11.2. The molecule has 0 aliphatic heterocycles. The third-order valence-corrected chi connectivity index (χ3v) is 6.74. The maximum Gasteiger partial charge on any atom is 0.292 e. The molecule has 0 spiro atoms. The van der Waals surface area contributed by atoms with Crippen molar-refractivity contribution in [1.29, 1.82) is 0 Å². The number of rotatable bonds is 3. The molecule has 0 aliphatic rings. The number of benzene rings is 2. The van der Waals surface area contributed by atoms with E-state index in [1.54, 1.807) is 43.3 Å². The van der Waals surface area contributed by atoms with Gasteiger partial charge < -0.3 is 0 Å². The molecule has 6 nitrogen and oxygen atoms in total. The van der Waals surface area contributed by atoms with Gasteiger partial charge in [0.1, 0.15) is 15.0 Å². The van der Waals surface area contributed by atoms with Gasteiger partial charge >= 0.3 is 0 Å². The lowest BCUT2D eigenvalue weighted by molar-refractivity contribution is 0.101. The summed E-state index contributed by atoms with van der Waals surface area (Å²) in [5.41, 5.74) is 3.21. The van der Waals surface area contributed by atoms with Crippen molar-refractivity contribution in [3.63, 3.8) is 0 Å². The summed E-state index contributed by atoms with van der Waals surface area (Å²) in [6, 6.07) is 14.0. The monoisotopic (exact) mass is 480 g/mol. The van der Waals surface area contributed by atoms with Crippen LogP contribution in [0.3, 0.4) is 0 Å². The molecule has 2 aromatic carbocycles. The number of ketones is 1. The van der Waals surface area contributed by atoms with Crippen molar-refractivity contribution in [2.45, 2.75) is 13.8 Å². The number of Topliss-reactive ketones (excluding diaryl/α,β-unsaturated/α-hetero) is 1. The van der Waals surface area contributed by atoms with Gasteiger partial charge in [-0.05, 0) is 55.8 Å². The molecule has 0 saturated carbocycles. The molecule has 0 radical (unpaired) electrons. The van der Waals surface area contributed by atoms with Gasteiger partial charge in [-0.1, -0.05) is 40.5 Å². The molecule has 3 heterocycles. The maximum absolute atomic E-state index is 13.3. The second kappa shape index (κ2) is 7.78. The topological polar surface area (TPSA) is 77.7 Å². The number of aryl methyl sites for hydroxylation is 1. The largest absolute Gasteiger partial charge is 0.294 e. The van der Waals surface area contributed by atoms with E-state index in [4.69, 9.17) is 23.2 Å². The highest BCUT2D eigenvalue weighted by Gasteiger charge is 2.24. The Morgan fingerprint density at radius 1 is 1.00 bits per heavy atom. The van der Waals surface area contributed by atoms with Crippen LogP contribution in [0.5, 0.6) is 0 Å². The molecule has 0 amide bonds. The lowest BCUT2D eigenvalue weighted by atomic mass is 9.94. The van der Waals surface area contributed by atoms with E-state index in [9.17, 15) is 9.59 Å². The quantitative estimate of drug-likeness (QED) is 0.301. The molecule has 32 heavy (non-hydrogen) atoms. The number of hydrogen-bond acceptors (Lipinski definition) is 6. The summed E-state index contributed by atoms with van der Waals surface area (Å²) in [6.45, 7) is 3.29. The molecule has 158 valence electrons. The Labute approximate surface area is 196 Å². The van der Waals surface area contributed by atoms with Gasteiger partial charge in [-0.2, -0.15) is 4.68 Å². The lowest BCUT2D eigenvalue weighted by Gasteiger charge is -2.12. The van der Waals surface area contributed by atoms with Crippen LogP contribution in [0, 0.1) is 6.92 Å². The molecular formula is C23H14Cl2N4O2S. The van der Waals surface area contributed by atoms with Crippen molar-refractivity contribution < 1.29 is 4.79 Å². The second-order valence-electron chi connectivity index (χ2n) is 7.25. The first-order valence-electron chi connectivity index (χ1n) is 9.61. The Hall–Kier alpha value is -3.13. The van der Waals surface area contributed by atoms with Crippen LogP contribution in [0.1, 0.15) is 23.0 Å². The number of thiophene rings is 1. The fraction of sp³-hybridized carbons (Fsp3) is 0.0870. The van der Waals surface area contributed by atoms with Crippen LogP contribution in [-0.4, -0.2) is 25.8 Å².